The first-order valence-corrected chi connectivity index (χ1v) is 8.26. The summed E-state index contributed by atoms with van der Waals surface area (Å²) >= 11 is 0. The highest BCUT2D eigenvalue weighted by molar-refractivity contribution is 5.68. The van der Waals surface area contributed by atoms with Gasteiger partial charge < -0.3 is 20.1 Å². The number of amides is 1. The van der Waals surface area contributed by atoms with Crippen LogP contribution in [0, 0.1) is 6.92 Å². The quantitative estimate of drug-likeness (QED) is 0.865. The second-order valence-corrected chi connectivity index (χ2v) is 7.07. The Hall–Kier alpha value is -1.91. The van der Waals surface area contributed by atoms with Gasteiger partial charge in [-0.25, -0.2) is 4.79 Å². The third-order valence-electron chi connectivity index (χ3n) is 3.73. The Bertz CT molecular complexity index is 546. The van der Waals surface area contributed by atoms with Gasteiger partial charge in [0, 0.05) is 17.8 Å². The van der Waals surface area contributed by atoms with Crippen molar-refractivity contribution in [2.75, 3.05) is 11.9 Å². The van der Waals surface area contributed by atoms with Crippen molar-refractivity contribution in [1.82, 2.24) is 5.32 Å². The fraction of sp³-hybridized carbons (Fsp3) is 0.611. The molecule has 0 heterocycles. The summed E-state index contributed by atoms with van der Waals surface area (Å²) in [5.74, 6) is 0.897. The molecule has 1 aromatic rings. The fourth-order valence-electron chi connectivity index (χ4n) is 2.60. The molecule has 2 N–H and O–H groups in total. The number of nitrogens with one attached hydrogen (secondary N) is 2. The Balaban J connectivity index is 1.77. The zero-order chi connectivity index (χ0) is 17.0. The summed E-state index contributed by atoms with van der Waals surface area (Å²) in [7, 11) is 0. The molecule has 1 saturated carbocycles. The van der Waals surface area contributed by atoms with E-state index < -0.39 is 5.60 Å². The van der Waals surface area contributed by atoms with Crippen molar-refractivity contribution >= 4 is 11.8 Å². The summed E-state index contributed by atoms with van der Waals surface area (Å²) in [6.07, 6.45) is 1.48. The van der Waals surface area contributed by atoms with Crippen LogP contribution in [0.15, 0.2) is 18.2 Å². The van der Waals surface area contributed by atoms with Gasteiger partial charge in [0.1, 0.15) is 11.4 Å². The van der Waals surface area contributed by atoms with Crippen molar-refractivity contribution in [3.63, 3.8) is 0 Å². The Morgan fingerprint density at radius 3 is 2.52 bits per heavy atom. The van der Waals surface area contributed by atoms with Gasteiger partial charge in [0.15, 0.2) is 0 Å². The molecular weight excluding hydrogens is 292 g/mol. The van der Waals surface area contributed by atoms with Gasteiger partial charge in [-0.2, -0.15) is 0 Å². The lowest BCUT2D eigenvalue weighted by Gasteiger charge is -2.37. The molecule has 23 heavy (non-hydrogen) atoms. The molecule has 1 fully saturated rings. The van der Waals surface area contributed by atoms with E-state index in [0.29, 0.717) is 12.6 Å². The third-order valence-corrected chi connectivity index (χ3v) is 3.73. The van der Waals surface area contributed by atoms with E-state index in [1.54, 1.807) is 0 Å². The third kappa shape index (κ3) is 5.34. The molecule has 0 aliphatic heterocycles. The van der Waals surface area contributed by atoms with Gasteiger partial charge in [0.25, 0.3) is 0 Å². The fourth-order valence-corrected chi connectivity index (χ4v) is 2.60. The van der Waals surface area contributed by atoms with Crippen LogP contribution in [0.3, 0.4) is 0 Å². The van der Waals surface area contributed by atoms with Crippen LogP contribution in [0.4, 0.5) is 10.5 Å². The van der Waals surface area contributed by atoms with E-state index in [4.69, 9.17) is 9.47 Å². The van der Waals surface area contributed by atoms with E-state index in [1.165, 1.54) is 5.56 Å². The average Bonchev–Trinajstić information content (AvgIpc) is 2.37. The molecule has 0 unspecified atom stereocenters. The minimum absolute atomic E-state index is 0.186. The van der Waals surface area contributed by atoms with Crippen LogP contribution in [-0.4, -0.2) is 30.4 Å². The van der Waals surface area contributed by atoms with Gasteiger partial charge in [-0.1, -0.05) is 0 Å². The number of hydrogen-bond acceptors (Lipinski definition) is 4. The number of benzene rings is 1. The number of anilines is 1. The molecule has 0 atom stereocenters. The van der Waals surface area contributed by atoms with Crippen molar-refractivity contribution in [2.45, 2.75) is 65.1 Å². The molecule has 0 aromatic heterocycles. The van der Waals surface area contributed by atoms with E-state index in [2.05, 4.69) is 23.6 Å². The lowest BCUT2D eigenvalue weighted by Crippen LogP contribution is -2.50. The first kappa shape index (κ1) is 17.4. The highest BCUT2D eigenvalue weighted by Crippen LogP contribution is 2.28. The smallest absolute Gasteiger partial charge is 0.407 e. The number of ether oxygens (including phenoxy) is 2. The molecule has 1 aromatic carbocycles. The molecule has 0 saturated heterocycles. The van der Waals surface area contributed by atoms with Crippen LogP contribution >= 0.6 is 0 Å². The Morgan fingerprint density at radius 1 is 1.26 bits per heavy atom. The van der Waals surface area contributed by atoms with E-state index >= 15 is 0 Å². The lowest BCUT2D eigenvalue weighted by molar-refractivity contribution is 0.0475. The first-order chi connectivity index (χ1) is 10.8. The highest BCUT2D eigenvalue weighted by Gasteiger charge is 2.31. The van der Waals surface area contributed by atoms with Crippen molar-refractivity contribution in [2.24, 2.45) is 0 Å². The topological polar surface area (TPSA) is 59.6 Å². The molecule has 1 aliphatic carbocycles. The number of carbonyl (C=O) groups excluding carboxylic acids is 1. The van der Waals surface area contributed by atoms with E-state index in [1.807, 2.05) is 39.8 Å². The lowest BCUT2D eigenvalue weighted by atomic mass is 9.86. The Kier molecular flexibility index (Phi) is 5.39. The van der Waals surface area contributed by atoms with Gasteiger partial charge in [-0.3, -0.25) is 0 Å². The zero-order valence-corrected chi connectivity index (χ0v) is 14.7. The van der Waals surface area contributed by atoms with E-state index in [0.717, 1.165) is 24.3 Å². The molecule has 2 rings (SSSR count). The summed E-state index contributed by atoms with van der Waals surface area (Å²) in [6, 6.07) is 6.64. The first-order valence-electron chi connectivity index (χ1n) is 8.26. The summed E-state index contributed by atoms with van der Waals surface area (Å²) in [6.45, 7) is 10.3. The van der Waals surface area contributed by atoms with Crippen molar-refractivity contribution in [3.8, 4) is 5.75 Å². The molecule has 128 valence electrons. The van der Waals surface area contributed by atoms with Crippen LogP contribution in [0.2, 0.25) is 0 Å². The number of aryl methyl sites for hydroxylation is 1. The summed E-state index contributed by atoms with van der Waals surface area (Å²) in [5.41, 5.74) is 1.83. The molecule has 1 amide bonds. The molecule has 5 heteroatoms. The van der Waals surface area contributed by atoms with Crippen LogP contribution < -0.4 is 15.4 Å². The summed E-state index contributed by atoms with van der Waals surface area (Å²) < 4.78 is 10.8. The highest BCUT2D eigenvalue weighted by atomic mass is 16.6. The largest absolute Gasteiger partial charge is 0.494 e. The number of carbonyl (C=O) groups is 1. The van der Waals surface area contributed by atoms with Crippen molar-refractivity contribution in [3.05, 3.63) is 23.8 Å². The predicted octanol–water partition coefficient (Wildman–Crippen LogP) is 3.86. The van der Waals surface area contributed by atoms with Crippen molar-refractivity contribution < 1.29 is 14.3 Å². The average molecular weight is 320 g/mol. The van der Waals surface area contributed by atoms with Gasteiger partial charge in [0.05, 0.1) is 6.61 Å². The predicted molar refractivity (Wildman–Crippen MR) is 92.2 cm³/mol. The minimum Gasteiger partial charge on any atom is -0.494 e. The normalized spacial score (nSPS) is 20.4. The molecule has 0 bridgehead atoms. The molecule has 0 spiro atoms. The second kappa shape index (κ2) is 7.11. The summed E-state index contributed by atoms with van der Waals surface area (Å²) in [4.78, 5) is 11.7. The van der Waals surface area contributed by atoms with Gasteiger partial charge in [-0.05, 0) is 71.2 Å². The standard InChI is InChI=1S/C18H28N2O3/c1-6-22-15-7-8-16(12(2)9-15)19-13-10-14(11-13)20-17(21)23-18(3,4)5/h7-9,13-14,19H,6,10-11H2,1-5H3,(H,20,21). The maximum absolute atomic E-state index is 11.7. The molecular formula is C18H28N2O3. The zero-order valence-electron chi connectivity index (χ0n) is 14.7. The molecule has 5 nitrogen and oxygen atoms in total. The van der Waals surface area contributed by atoms with Gasteiger partial charge >= 0.3 is 6.09 Å². The van der Waals surface area contributed by atoms with Crippen LogP contribution in [0.5, 0.6) is 5.75 Å². The van der Waals surface area contributed by atoms with Gasteiger partial charge in [0.2, 0.25) is 0 Å². The number of rotatable bonds is 5. The molecule has 0 radical (unpaired) electrons. The Morgan fingerprint density at radius 2 is 1.96 bits per heavy atom. The maximum Gasteiger partial charge on any atom is 0.407 e. The van der Waals surface area contributed by atoms with Crippen LogP contribution in [0.1, 0.15) is 46.1 Å². The molecule has 1 aliphatic rings. The van der Waals surface area contributed by atoms with E-state index in [-0.39, 0.29) is 12.1 Å². The Labute approximate surface area is 138 Å². The van der Waals surface area contributed by atoms with E-state index in [9.17, 15) is 4.79 Å². The number of alkyl carbamates (subject to hydrolysis) is 1. The minimum atomic E-state index is -0.453. The van der Waals surface area contributed by atoms with Crippen LogP contribution in [-0.2, 0) is 4.74 Å². The van der Waals surface area contributed by atoms with Crippen molar-refractivity contribution in [1.29, 1.82) is 0 Å². The van der Waals surface area contributed by atoms with Crippen LogP contribution in [0.25, 0.3) is 0 Å². The maximum atomic E-state index is 11.7. The monoisotopic (exact) mass is 320 g/mol. The summed E-state index contributed by atoms with van der Waals surface area (Å²) in [5, 5.41) is 6.43. The number of hydrogen-bond donors (Lipinski definition) is 2. The van der Waals surface area contributed by atoms with Gasteiger partial charge in [-0.15, -0.1) is 0 Å². The SMILES string of the molecule is CCOc1ccc(NC2CC(NC(=O)OC(C)(C)C)C2)c(C)c1. The second-order valence-electron chi connectivity index (χ2n) is 7.07.